The molecule has 0 saturated carbocycles. The van der Waals surface area contributed by atoms with Crippen LogP contribution in [-0.4, -0.2) is 33.7 Å². The molecule has 0 aliphatic rings. The molecule has 0 atom stereocenters. The van der Waals surface area contributed by atoms with Gasteiger partial charge in [-0.1, -0.05) is 30.3 Å². The summed E-state index contributed by atoms with van der Waals surface area (Å²) >= 11 is 0. The zero-order valence-electron chi connectivity index (χ0n) is 16.9. The number of hydrogen-bond donors (Lipinski definition) is 4. The number of aliphatic hydroxyl groups is 1. The maximum atomic E-state index is 8.95. The van der Waals surface area contributed by atoms with Gasteiger partial charge in [0.2, 0.25) is 0 Å². The van der Waals surface area contributed by atoms with Crippen LogP contribution in [0.4, 0.5) is 11.8 Å². The summed E-state index contributed by atoms with van der Waals surface area (Å²) in [6, 6.07) is 10.2. The van der Waals surface area contributed by atoms with Crippen molar-refractivity contribution in [1.29, 1.82) is 0 Å². The first-order valence-corrected chi connectivity index (χ1v) is 10.9. The van der Waals surface area contributed by atoms with E-state index in [1.54, 1.807) is 0 Å². The fraction of sp³-hybridized carbons (Fsp3) is 0.267. The monoisotopic (exact) mass is 516 g/mol. The van der Waals surface area contributed by atoms with Gasteiger partial charge in [0, 0.05) is 13.1 Å². The van der Waals surface area contributed by atoms with E-state index in [9.17, 15) is 0 Å². The molecule has 18 heteroatoms. The Bertz CT molecular complexity index is 928. The highest BCUT2D eigenvalue weighted by molar-refractivity contribution is 5.78. The molecular formula is C15H22Cl2N6O10. The molecule has 2 aromatic heterocycles. The van der Waals surface area contributed by atoms with Gasteiger partial charge in [-0.15, -0.1) is 20.5 Å². The predicted molar refractivity (Wildman–Crippen MR) is 86.8 cm³/mol. The number of halogens is 2. The Hall–Kier alpha value is -2.45. The third kappa shape index (κ3) is 14.3. The molecule has 3 aromatic rings. The molecule has 3 rings (SSSR count). The van der Waals surface area contributed by atoms with Gasteiger partial charge in [-0.2, -0.15) is 14.5 Å². The lowest BCUT2D eigenvalue weighted by molar-refractivity contribution is -2.00. The molecular weight excluding hydrogens is 495 g/mol. The summed E-state index contributed by atoms with van der Waals surface area (Å²) in [5.41, 5.74) is 3.02. The minimum atomic E-state index is -4.94. The number of imidazole rings is 1. The molecule has 2 heterocycles. The van der Waals surface area contributed by atoms with E-state index in [1.165, 1.54) is 5.56 Å². The number of fused-ring (bicyclic) bond motifs is 1. The average Bonchev–Trinajstić information content (AvgIpc) is 3.04. The number of H-pyrrole nitrogens is 2. The number of aliphatic hydroxyl groups excluding tert-OH is 1. The van der Waals surface area contributed by atoms with Gasteiger partial charge in [0.15, 0.2) is 5.82 Å². The van der Waals surface area contributed by atoms with Gasteiger partial charge in [-0.25, -0.2) is 42.3 Å². The summed E-state index contributed by atoms with van der Waals surface area (Å²) in [6.45, 7) is 1.19. The van der Waals surface area contributed by atoms with E-state index in [4.69, 9.17) is 42.4 Å². The van der Waals surface area contributed by atoms with Crippen LogP contribution >= 0.6 is 0 Å². The largest absolute Gasteiger partial charge is 0.412 e. The highest BCUT2D eigenvalue weighted by Crippen LogP contribution is 2.15. The molecule has 0 spiro atoms. The first-order chi connectivity index (χ1) is 14.8. The molecule has 0 bridgehead atoms. The molecule has 186 valence electrons. The molecule has 33 heavy (non-hydrogen) atoms. The van der Waals surface area contributed by atoms with Crippen LogP contribution in [0.25, 0.3) is 11.2 Å². The topological polar surface area (TPSA) is 307 Å². The quantitative estimate of drug-likeness (QED) is 0.221. The fourth-order valence-corrected chi connectivity index (χ4v) is 2.28. The summed E-state index contributed by atoms with van der Waals surface area (Å²) in [6.07, 6.45) is 1.87. The second-order valence-corrected chi connectivity index (χ2v) is 7.30. The number of aromatic amines is 2. The lowest BCUT2D eigenvalue weighted by Gasteiger charge is -2.17. The zero-order valence-corrected chi connectivity index (χ0v) is 18.5. The Balaban J connectivity index is 0.000000790. The van der Waals surface area contributed by atoms with Crippen LogP contribution in [0.5, 0.6) is 0 Å². The molecule has 16 nitrogen and oxygen atoms in total. The number of nitrogens with zero attached hydrogens (tertiary/aromatic N) is 2. The van der Waals surface area contributed by atoms with E-state index in [1.807, 2.05) is 36.1 Å². The Morgan fingerprint density at radius 3 is 2.06 bits per heavy atom. The third-order valence-corrected chi connectivity index (χ3v) is 3.40. The number of aromatic nitrogens is 4. The number of benzene rings is 1. The number of anilines is 2. The van der Waals surface area contributed by atoms with Gasteiger partial charge in [-0.05, 0) is 5.56 Å². The van der Waals surface area contributed by atoms with Crippen molar-refractivity contribution < 1.29 is 77.9 Å². The lowest BCUT2D eigenvalue weighted by atomic mass is 10.2. The predicted octanol–water partition coefficient (Wildman–Crippen LogP) is -10.1. The summed E-state index contributed by atoms with van der Waals surface area (Å²) in [5.74, 6) is 1.38. The van der Waals surface area contributed by atoms with E-state index >= 15 is 0 Å². The van der Waals surface area contributed by atoms with Crippen LogP contribution in [0.2, 0.25) is 0 Å². The fourth-order valence-electron chi connectivity index (χ4n) is 2.28. The van der Waals surface area contributed by atoms with Crippen LogP contribution in [0.15, 0.2) is 36.7 Å². The highest BCUT2D eigenvalue weighted by atomic mass is 35.7. The van der Waals surface area contributed by atoms with E-state index in [0.717, 1.165) is 17.0 Å². The second-order valence-electron chi connectivity index (χ2n) is 5.79. The number of rotatable bonds is 6. The third-order valence-electron chi connectivity index (χ3n) is 3.40. The van der Waals surface area contributed by atoms with Crippen molar-refractivity contribution in [3.63, 3.8) is 0 Å². The molecule has 0 unspecified atom stereocenters. The van der Waals surface area contributed by atoms with Crippen LogP contribution in [0.1, 0.15) is 5.56 Å². The van der Waals surface area contributed by atoms with Crippen molar-refractivity contribution in [3.8, 4) is 0 Å². The molecule has 0 fully saturated rings. The van der Waals surface area contributed by atoms with Gasteiger partial charge in [0.1, 0.15) is 7.05 Å². The van der Waals surface area contributed by atoms with Gasteiger partial charge >= 0.3 is 23.4 Å². The van der Waals surface area contributed by atoms with Gasteiger partial charge in [0.05, 0.1) is 6.61 Å². The minimum absolute atomic E-state index is 0. The van der Waals surface area contributed by atoms with E-state index in [2.05, 4.69) is 37.7 Å². The highest BCUT2D eigenvalue weighted by Gasteiger charge is 2.22. The van der Waals surface area contributed by atoms with Crippen molar-refractivity contribution in [2.75, 3.05) is 23.8 Å². The molecule has 0 aliphatic carbocycles. The Morgan fingerprint density at radius 1 is 1.00 bits per heavy atom. The Morgan fingerprint density at radius 2 is 1.55 bits per heavy atom. The standard InChI is InChI=1S/C15H18N6O.2ClHO4.H2O/c1-21-10-18-12-13(17-9-11-5-3-2-4-6-11)19-15(16-7-8-22)20-14(12)21;2*2-1(3,4)5;/h2-6,10,22H,7-9H2,1H3,(H2,16,17,19,20);2*(H,2,3,4,5);1H2. The summed E-state index contributed by atoms with van der Waals surface area (Å²) < 4.78 is 69.9. The van der Waals surface area contributed by atoms with Crippen LogP contribution in [0.3, 0.4) is 0 Å². The normalized spacial score (nSPS) is 10.8. The Labute approximate surface area is 190 Å². The summed E-state index contributed by atoms with van der Waals surface area (Å²) in [7, 11) is -7.94. The lowest BCUT2D eigenvalue weighted by Crippen LogP contribution is -2.68. The van der Waals surface area contributed by atoms with E-state index in [-0.39, 0.29) is 12.1 Å². The second kappa shape index (κ2) is 14.0. The molecule has 0 radical (unpaired) electrons. The maximum Gasteiger partial charge on any atom is 0.400 e. The van der Waals surface area contributed by atoms with E-state index < -0.39 is 20.5 Å². The average molecular weight is 517 g/mol. The van der Waals surface area contributed by atoms with Crippen molar-refractivity contribution in [3.05, 3.63) is 42.2 Å². The van der Waals surface area contributed by atoms with Crippen LogP contribution in [-0.2, 0) is 13.6 Å². The zero-order chi connectivity index (χ0) is 24.4. The first kappa shape index (κ1) is 30.6. The number of nitrogens with one attached hydrogen (secondary N) is 4. The molecule has 0 amide bonds. The van der Waals surface area contributed by atoms with Gasteiger partial charge in [0.25, 0.3) is 0 Å². The van der Waals surface area contributed by atoms with Crippen molar-refractivity contribution >= 4 is 22.9 Å². The molecule has 0 aliphatic heterocycles. The van der Waals surface area contributed by atoms with Gasteiger partial charge in [-0.3, -0.25) is 0 Å². The van der Waals surface area contributed by atoms with Crippen LogP contribution in [0, 0.1) is 20.5 Å². The molecule has 0 saturated heterocycles. The van der Waals surface area contributed by atoms with E-state index in [0.29, 0.717) is 19.0 Å². The van der Waals surface area contributed by atoms with Gasteiger partial charge < -0.3 is 21.2 Å². The minimum Gasteiger partial charge on any atom is -0.412 e. The molecule has 7 N–H and O–H groups in total. The maximum absolute atomic E-state index is 8.95. The van der Waals surface area contributed by atoms with Crippen LogP contribution < -0.4 is 57.5 Å². The number of hydrogen-bond acceptors (Lipinski definition) is 12. The number of aryl methyl sites for hydroxylation is 1. The summed E-state index contributed by atoms with van der Waals surface area (Å²) in [4.78, 5) is 10.9. The van der Waals surface area contributed by atoms with Crippen molar-refractivity contribution in [2.24, 2.45) is 7.05 Å². The van der Waals surface area contributed by atoms with Crippen molar-refractivity contribution in [1.82, 2.24) is 9.97 Å². The summed E-state index contributed by atoms with van der Waals surface area (Å²) in [5, 5.41) is 15.4. The smallest absolute Gasteiger partial charge is 0.400 e. The molecule has 1 aromatic carbocycles. The Kier molecular flexibility index (Phi) is 12.9. The first-order valence-electron chi connectivity index (χ1n) is 8.44. The SMILES string of the molecule is C[n+]1c[nH]c2c(NCc3ccccc3)nc(NCCO)[nH+]c21.O.[O-][Cl+3]([O-])([O-])[O-].[O-][Cl+3]([O-])([O-])[O-]. The van der Waals surface area contributed by atoms with Crippen molar-refractivity contribution in [2.45, 2.75) is 6.54 Å².